The Balaban J connectivity index is 1.72. The minimum Gasteiger partial charge on any atom is -0.356 e. The standard InChI is InChI=1S/C24H29N3OS/c1-3-4-14-26(2)24(28)18-12-13-22-20(17-18)25-23(27-15-8-5-9-16-27)19-10-6-7-11-21(19)29-22/h6-7,10-13,17H,3-5,8-9,14-16H2,1-2H3. The maximum atomic E-state index is 12.9. The van der Waals surface area contributed by atoms with Crippen molar-refractivity contribution in [2.24, 2.45) is 4.99 Å². The Morgan fingerprint density at radius 3 is 2.69 bits per heavy atom. The minimum atomic E-state index is 0.0720. The fraction of sp³-hybridized carbons (Fsp3) is 0.417. The zero-order valence-electron chi connectivity index (χ0n) is 17.4. The molecule has 0 atom stereocenters. The predicted molar refractivity (Wildman–Crippen MR) is 120 cm³/mol. The van der Waals surface area contributed by atoms with Crippen molar-refractivity contribution in [2.75, 3.05) is 26.7 Å². The molecule has 0 bridgehead atoms. The molecule has 1 saturated heterocycles. The van der Waals surface area contributed by atoms with Gasteiger partial charge in [0.1, 0.15) is 5.84 Å². The maximum absolute atomic E-state index is 12.9. The molecule has 2 aromatic carbocycles. The summed E-state index contributed by atoms with van der Waals surface area (Å²) in [5, 5.41) is 0. The van der Waals surface area contributed by atoms with Crippen LogP contribution >= 0.6 is 11.8 Å². The highest BCUT2D eigenvalue weighted by molar-refractivity contribution is 7.99. The van der Waals surface area contributed by atoms with Gasteiger partial charge in [-0.25, -0.2) is 4.99 Å². The summed E-state index contributed by atoms with van der Waals surface area (Å²) < 4.78 is 0. The monoisotopic (exact) mass is 407 g/mol. The normalized spacial score (nSPS) is 15.8. The van der Waals surface area contributed by atoms with Crippen LogP contribution in [0.1, 0.15) is 54.9 Å². The third-order valence-electron chi connectivity index (χ3n) is 5.63. The van der Waals surface area contributed by atoms with Crippen molar-refractivity contribution in [3.05, 3.63) is 53.6 Å². The van der Waals surface area contributed by atoms with Crippen LogP contribution in [-0.2, 0) is 0 Å². The summed E-state index contributed by atoms with van der Waals surface area (Å²) in [5.41, 5.74) is 2.82. The minimum absolute atomic E-state index is 0.0720. The molecule has 0 saturated carbocycles. The molecule has 2 heterocycles. The molecule has 4 nitrogen and oxygen atoms in total. The topological polar surface area (TPSA) is 35.9 Å². The Hall–Kier alpha value is -2.27. The Labute approximate surface area is 178 Å². The molecular formula is C24H29N3OS. The van der Waals surface area contributed by atoms with Crippen LogP contribution in [0.25, 0.3) is 0 Å². The largest absolute Gasteiger partial charge is 0.356 e. The number of benzene rings is 2. The number of carbonyl (C=O) groups excluding carboxylic acids is 1. The molecule has 152 valence electrons. The number of hydrogen-bond donors (Lipinski definition) is 0. The highest BCUT2D eigenvalue weighted by Gasteiger charge is 2.24. The second kappa shape index (κ2) is 9.04. The van der Waals surface area contributed by atoms with Gasteiger partial charge in [-0.1, -0.05) is 43.3 Å². The Morgan fingerprint density at radius 2 is 1.90 bits per heavy atom. The number of aliphatic imine (C=N–C) groups is 1. The third-order valence-corrected chi connectivity index (χ3v) is 6.77. The number of carbonyl (C=O) groups is 1. The lowest BCUT2D eigenvalue weighted by molar-refractivity contribution is 0.0793. The van der Waals surface area contributed by atoms with Gasteiger partial charge in [-0.15, -0.1) is 0 Å². The smallest absolute Gasteiger partial charge is 0.253 e. The average Bonchev–Trinajstić information content (AvgIpc) is 2.93. The first-order chi connectivity index (χ1) is 14.2. The molecule has 0 aromatic heterocycles. The molecule has 0 aliphatic carbocycles. The fourth-order valence-corrected chi connectivity index (χ4v) is 4.92. The van der Waals surface area contributed by atoms with Crippen molar-refractivity contribution in [3.8, 4) is 0 Å². The summed E-state index contributed by atoms with van der Waals surface area (Å²) in [5.74, 6) is 1.12. The molecule has 0 radical (unpaired) electrons. The molecule has 2 aromatic rings. The number of likely N-dealkylation sites (tertiary alicyclic amines) is 1. The van der Waals surface area contributed by atoms with Gasteiger partial charge in [0.2, 0.25) is 0 Å². The average molecular weight is 408 g/mol. The Bertz CT molecular complexity index is 918. The molecule has 5 heteroatoms. The summed E-state index contributed by atoms with van der Waals surface area (Å²) in [6.07, 6.45) is 5.82. The zero-order valence-corrected chi connectivity index (χ0v) is 18.2. The van der Waals surface area contributed by atoms with E-state index >= 15 is 0 Å². The number of hydrogen-bond acceptors (Lipinski definition) is 4. The number of nitrogens with zero attached hydrogens (tertiary/aromatic N) is 3. The van der Waals surface area contributed by atoms with Crippen molar-refractivity contribution in [1.29, 1.82) is 0 Å². The van der Waals surface area contributed by atoms with Gasteiger partial charge in [-0.3, -0.25) is 4.79 Å². The third kappa shape index (κ3) is 4.35. The molecule has 0 spiro atoms. The van der Waals surface area contributed by atoms with E-state index in [4.69, 9.17) is 4.99 Å². The zero-order chi connectivity index (χ0) is 20.2. The Kier molecular flexibility index (Phi) is 6.24. The summed E-state index contributed by atoms with van der Waals surface area (Å²) in [6.45, 7) is 5.03. The van der Waals surface area contributed by atoms with Gasteiger partial charge in [0.15, 0.2) is 0 Å². The highest BCUT2D eigenvalue weighted by Crippen LogP contribution is 2.41. The first kappa shape index (κ1) is 20.0. The van der Waals surface area contributed by atoms with Gasteiger partial charge in [-0.2, -0.15) is 0 Å². The second-order valence-corrected chi connectivity index (χ2v) is 8.93. The van der Waals surface area contributed by atoms with Crippen molar-refractivity contribution in [2.45, 2.75) is 48.8 Å². The predicted octanol–water partition coefficient (Wildman–Crippen LogP) is 5.59. The van der Waals surface area contributed by atoms with Gasteiger partial charge < -0.3 is 9.80 Å². The molecule has 29 heavy (non-hydrogen) atoms. The maximum Gasteiger partial charge on any atom is 0.253 e. The highest BCUT2D eigenvalue weighted by atomic mass is 32.2. The van der Waals surface area contributed by atoms with E-state index in [2.05, 4.69) is 42.2 Å². The fourth-order valence-electron chi connectivity index (χ4n) is 3.92. The lowest BCUT2D eigenvalue weighted by Crippen LogP contribution is -2.36. The number of piperidine rings is 1. The first-order valence-electron chi connectivity index (χ1n) is 10.7. The van der Waals surface area contributed by atoms with Gasteiger partial charge >= 0.3 is 0 Å². The van der Waals surface area contributed by atoms with Crippen molar-refractivity contribution in [3.63, 3.8) is 0 Å². The number of rotatable bonds is 4. The van der Waals surface area contributed by atoms with E-state index in [0.29, 0.717) is 0 Å². The molecule has 2 aliphatic heterocycles. The van der Waals surface area contributed by atoms with Crippen molar-refractivity contribution >= 4 is 29.2 Å². The molecular weight excluding hydrogens is 378 g/mol. The Morgan fingerprint density at radius 1 is 1.10 bits per heavy atom. The van der Waals surface area contributed by atoms with E-state index < -0.39 is 0 Å². The molecule has 4 rings (SSSR count). The van der Waals surface area contributed by atoms with Gasteiger partial charge in [0.05, 0.1) is 5.69 Å². The number of amidine groups is 1. The summed E-state index contributed by atoms with van der Waals surface area (Å²) in [7, 11) is 1.89. The van der Waals surface area contributed by atoms with Gasteiger partial charge in [0.25, 0.3) is 5.91 Å². The summed E-state index contributed by atoms with van der Waals surface area (Å²) in [4.78, 5) is 24.6. The van der Waals surface area contributed by atoms with Crippen LogP contribution in [0.15, 0.2) is 57.2 Å². The van der Waals surface area contributed by atoms with Gasteiger partial charge in [0, 0.05) is 47.6 Å². The van der Waals surface area contributed by atoms with Crippen LogP contribution in [0.4, 0.5) is 5.69 Å². The van der Waals surface area contributed by atoms with E-state index in [1.807, 2.05) is 24.1 Å². The van der Waals surface area contributed by atoms with Crippen molar-refractivity contribution in [1.82, 2.24) is 9.80 Å². The molecule has 0 unspecified atom stereocenters. The lowest BCUT2D eigenvalue weighted by atomic mass is 10.1. The molecule has 1 fully saturated rings. The van der Waals surface area contributed by atoms with E-state index in [1.54, 1.807) is 11.8 Å². The SMILES string of the molecule is CCCCN(C)C(=O)c1ccc2c(c1)N=C(N1CCCCC1)c1ccccc1S2. The second-order valence-electron chi connectivity index (χ2n) is 7.84. The van der Waals surface area contributed by atoms with E-state index in [9.17, 15) is 4.79 Å². The molecule has 0 N–H and O–H groups in total. The first-order valence-corrected chi connectivity index (χ1v) is 11.5. The van der Waals surface area contributed by atoms with Crippen LogP contribution in [0.5, 0.6) is 0 Å². The van der Waals surface area contributed by atoms with Crippen LogP contribution in [-0.4, -0.2) is 48.2 Å². The van der Waals surface area contributed by atoms with E-state index in [0.717, 1.165) is 54.5 Å². The van der Waals surface area contributed by atoms with Crippen LogP contribution < -0.4 is 0 Å². The quantitative estimate of drug-likeness (QED) is 0.663. The lowest BCUT2D eigenvalue weighted by Gasteiger charge is -2.30. The van der Waals surface area contributed by atoms with E-state index in [1.165, 1.54) is 29.7 Å². The van der Waals surface area contributed by atoms with Crippen molar-refractivity contribution < 1.29 is 4.79 Å². The number of amides is 1. The molecule has 2 aliphatic rings. The van der Waals surface area contributed by atoms with Crippen LogP contribution in [0, 0.1) is 0 Å². The van der Waals surface area contributed by atoms with E-state index in [-0.39, 0.29) is 5.91 Å². The summed E-state index contributed by atoms with van der Waals surface area (Å²) >= 11 is 1.75. The van der Waals surface area contributed by atoms with Crippen LogP contribution in [0.3, 0.4) is 0 Å². The number of unbranched alkanes of at least 4 members (excludes halogenated alkanes) is 1. The van der Waals surface area contributed by atoms with Gasteiger partial charge in [-0.05, 0) is 49.9 Å². The summed E-state index contributed by atoms with van der Waals surface area (Å²) in [6, 6.07) is 14.5. The molecule has 1 amide bonds. The van der Waals surface area contributed by atoms with Crippen LogP contribution in [0.2, 0.25) is 0 Å². The number of fused-ring (bicyclic) bond motifs is 2.